The third-order valence-corrected chi connectivity index (χ3v) is 3.32. The van der Waals surface area contributed by atoms with Gasteiger partial charge in [-0.25, -0.2) is 8.78 Å². The summed E-state index contributed by atoms with van der Waals surface area (Å²) in [6, 6.07) is 3.89. The molecule has 1 aromatic carbocycles. The topological polar surface area (TPSA) is 21.3 Å². The van der Waals surface area contributed by atoms with E-state index in [1.807, 2.05) is 0 Å². The SMILES string of the molecule is Fc1ccc(COCCC2CCCNC2)cc1F. The summed E-state index contributed by atoms with van der Waals surface area (Å²) < 4.78 is 31.1. The van der Waals surface area contributed by atoms with E-state index in [0.29, 0.717) is 24.7 Å². The molecule has 0 radical (unpaired) electrons. The number of piperidine rings is 1. The van der Waals surface area contributed by atoms with Crippen molar-refractivity contribution in [2.45, 2.75) is 25.9 Å². The first kappa shape index (κ1) is 13.4. The van der Waals surface area contributed by atoms with Gasteiger partial charge in [0.15, 0.2) is 11.6 Å². The van der Waals surface area contributed by atoms with E-state index >= 15 is 0 Å². The van der Waals surface area contributed by atoms with Crippen LogP contribution in [0.15, 0.2) is 18.2 Å². The number of rotatable bonds is 5. The number of hydrogen-bond acceptors (Lipinski definition) is 2. The zero-order valence-electron chi connectivity index (χ0n) is 10.4. The first-order chi connectivity index (χ1) is 8.75. The molecule has 0 spiro atoms. The van der Waals surface area contributed by atoms with Crippen LogP contribution in [0.4, 0.5) is 8.78 Å². The molecule has 1 saturated heterocycles. The molecule has 2 rings (SSSR count). The highest BCUT2D eigenvalue weighted by Crippen LogP contribution is 2.14. The Hall–Kier alpha value is -1.00. The molecule has 4 heteroatoms. The Morgan fingerprint density at radius 3 is 2.89 bits per heavy atom. The molecule has 2 nitrogen and oxygen atoms in total. The lowest BCUT2D eigenvalue weighted by molar-refractivity contribution is 0.103. The lowest BCUT2D eigenvalue weighted by atomic mass is 9.97. The molecule has 1 aliphatic heterocycles. The van der Waals surface area contributed by atoms with Gasteiger partial charge in [-0.15, -0.1) is 0 Å². The molecule has 1 aliphatic rings. The van der Waals surface area contributed by atoms with Crippen molar-refractivity contribution in [2.24, 2.45) is 5.92 Å². The van der Waals surface area contributed by atoms with E-state index in [4.69, 9.17) is 4.74 Å². The van der Waals surface area contributed by atoms with E-state index in [1.165, 1.54) is 18.9 Å². The third-order valence-electron chi connectivity index (χ3n) is 3.32. The highest BCUT2D eigenvalue weighted by Gasteiger charge is 2.12. The summed E-state index contributed by atoms with van der Waals surface area (Å²) in [6.07, 6.45) is 3.51. The van der Waals surface area contributed by atoms with Gasteiger partial charge in [-0.3, -0.25) is 0 Å². The number of halogens is 2. The van der Waals surface area contributed by atoms with Gasteiger partial charge in [-0.05, 0) is 56.0 Å². The lowest BCUT2D eigenvalue weighted by Gasteiger charge is -2.22. The smallest absolute Gasteiger partial charge is 0.159 e. The second-order valence-electron chi connectivity index (χ2n) is 4.80. The van der Waals surface area contributed by atoms with Crippen LogP contribution < -0.4 is 5.32 Å². The van der Waals surface area contributed by atoms with Gasteiger partial charge >= 0.3 is 0 Å². The van der Waals surface area contributed by atoms with Crippen molar-refractivity contribution in [1.82, 2.24) is 5.32 Å². The number of ether oxygens (including phenoxy) is 1. The highest BCUT2D eigenvalue weighted by atomic mass is 19.2. The second-order valence-corrected chi connectivity index (χ2v) is 4.80. The Kier molecular flexibility index (Phi) is 5.08. The van der Waals surface area contributed by atoms with Crippen LogP contribution in [-0.4, -0.2) is 19.7 Å². The molecular weight excluding hydrogens is 236 g/mol. The van der Waals surface area contributed by atoms with Crippen molar-refractivity contribution < 1.29 is 13.5 Å². The zero-order valence-corrected chi connectivity index (χ0v) is 10.4. The first-order valence-electron chi connectivity index (χ1n) is 6.48. The normalized spacial score (nSPS) is 20.0. The summed E-state index contributed by atoms with van der Waals surface area (Å²) in [7, 11) is 0. The van der Waals surface area contributed by atoms with Crippen LogP contribution >= 0.6 is 0 Å². The van der Waals surface area contributed by atoms with Gasteiger partial charge in [-0.1, -0.05) is 6.07 Å². The molecule has 0 saturated carbocycles. The molecule has 1 aromatic rings. The molecule has 1 fully saturated rings. The summed E-state index contributed by atoms with van der Waals surface area (Å²) in [5.74, 6) is -0.941. The molecule has 0 bridgehead atoms. The van der Waals surface area contributed by atoms with Crippen LogP contribution in [0.25, 0.3) is 0 Å². The molecule has 1 heterocycles. The Balaban J connectivity index is 1.66. The van der Waals surface area contributed by atoms with Gasteiger partial charge in [0.1, 0.15) is 0 Å². The summed E-state index contributed by atoms with van der Waals surface area (Å²) in [5, 5.41) is 3.36. The van der Waals surface area contributed by atoms with Crippen LogP contribution in [0, 0.1) is 17.6 Å². The minimum absolute atomic E-state index is 0.345. The van der Waals surface area contributed by atoms with E-state index < -0.39 is 11.6 Å². The fraction of sp³-hybridized carbons (Fsp3) is 0.571. The van der Waals surface area contributed by atoms with Crippen molar-refractivity contribution in [3.8, 4) is 0 Å². The van der Waals surface area contributed by atoms with Gasteiger partial charge in [-0.2, -0.15) is 0 Å². The Morgan fingerprint density at radius 2 is 2.17 bits per heavy atom. The molecule has 1 unspecified atom stereocenters. The summed E-state index contributed by atoms with van der Waals surface area (Å²) in [4.78, 5) is 0. The maximum Gasteiger partial charge on any atom is 0.159 e. The van der Waals surface area contributed by atoms with Crippen molar-refractivity contribution in [3.63, 3.8) is 0 Å². The molecule has 0 aromatic heterocycles. The monoisotopic (exact) mass is 255 g/mol. The van der Waals surface area contributed by atoms with E-state index in [2.05, 4.69) is 5.32 Å². The average molecular weight is 255 g/mol. The van der Waals surface area contributed by atoms with E-state index in [-0.39, 0.29) is 0 Å². The fourth-order valence-electron chi connectivity index (χ4n) is 2.24. The van der Waals surface area contributed by atoms with Gasteiger partial charge in [0.05, 0.1) is 6.61 Å². The highest BCUT2D eigenvalue weighted by molar-refractivity contribution is 5.16. The number of hydrogen-bond donors (Lipinski definition) is 1. The average Bonchev–Trinajstić information content (AvgIpc) is 2.40. The Labute approximate surface area is 106 Å². The van der Waals surface area contributed by atoms with Crippen molar-refractivity contribution in [1.29, 1.82) is 0 Å². The number of benzene rings is 1. The Bertz CT molecular complexity index is 378. The van der Waals surface area contributed by atoms with E-state index in [0.717, 1.165) is 25.6 Å². The Morgan fingerprint density at radius 1 is 1.28 bits per heavy atom. The quantitative estimate of drug-likeness (QED) is 0.817. The van der Waals surface area contributed by atoms with Gasteiger partial charge in [0.2, 0.25) is 0 Å². The fourth-order valence-corrected chi connectivity index (χ4v) is 2.24. The second kappa shape index (κ2) is 6.81. The van der Waals surface area contributed by atoms with Crippen LogP contribution in [-0.2, 0) is 11.3 Å². The minimum Gasteiger partial charge on any atom is -0.377 e. The van der Waals surface area contributed by atoms with Crippen LogP contribution in [0.1, 0.15) is 24.8 Å². The maximum atomic E-state index is 12.9. The van der Waals surface area contributed by atoms with Crippen molar-refractivity contribution in [3.05, 3.63) is 35.4 Å². The molecular formula is C14H19F2NO. The third kappa shape index (κ3) is 4.03. The predicted molar refractivity (Wildman–Crippen MR) is 66.2 cm³/mol. The summed E-state index contributed by atoms with van der Waals surface area (Å²) in [6.45, 7) is 3.20. The molecule has 18 heavy (non-hydrogen) atoms. The standard InChI is InChI=1S/C14H19F2NO/c15-13-4-3-12(8-14(13)16)10-18-7-5-11-2-1-6-17-9-11/h3-4,8,11,17H,1-2,5-7,9-10H2. The van der Waals surface area contributed by atoms with Crippen LogP contribution in [0.5, 0.6) is 0 Å². The van der Waals surface area contributed by atoms with Gasteiger partial charge in [0, 0.05) is 6.61 Å². The molecule has 1 N–H and O–H groups in total. The largest absolute Gasteiger partial charge is 0.377 e. The van der Waals surface area contributed by atoms with Crippen LogP contribution in [0.2, 0.25) is 0 Å². The predicted octanol–water partition coefficient (Wildman–Crippen LogP) is 2.87. The lowest BCUT2D eigenvalue weighted by Crippen LogP contribution is -2.30. The molecule has 0 aliphatic carbocycles. The van der Waals surface area contributed by atoms with Crippen molar-refractivity contribution >= 4 is 0 Å². The summed E-state index contributed by atoms with van der Waals surface area (Å²) in [5.41, 5.74) is 0.677. The van der Waals surface area contributed by atoms with Gasteiger partial charge < -0.3 is 10.1 Å². The number of nitrogens with one attached hydrogen (secondary N) is 1. The van der Waals surface area contributed by atoms with Crippen LogP contribution in [0.3, 0.4) is 0 Å². The minimum atomic E-state index is -0.813. The van der Waals surface area contributed by atoms with Crippen molar-refractivity contribution in [2.75, 3.05) is 19.7 Å². The van der Waals surface area contributed by atoms with E-state index in [1.54, 1.807) is 6.07 Å². The van der Waals surface area contributed by atoms with Gasteiger partial charge in [0.25, 0.3) is 0 Å². The van der Waals surface area contributed by atoms with E-state index in [9.17, 15) is 8.78 Å². The molecule has 100 valence electrons. The first-order valence-corrected chi connectivity index (χ1v) is 6.48. The zero-order chi connectivity index (χ0) is 12.8. The summed E-state index contributed by atoms with van der Waals surface area (Å²) >= 11 is 0. The molecule has 0 amide bonds. The maximum absolute atomic E-state index is 12.9. The molecule has 1 atom stereocenters.